The van der Waals surface area contributed by atoms with E-state index in [1.165, 1.54) is 31.4 Å². The molecule has 0 aliphatic rings. The summed E-state index contributed by atoms with van der Waals surface area (Å²) in [5.41, 5.74) is 0.533. The van der Waals surface area contributed by atoms with Crippen molar-refractivity contribution in [1.82, 2.24) is 0 Å². The van der Waals surface area contributed by atoms with Gasteiger partial charge in [0, 0.05) is 6.42 Å². The number of carbonyl (C=O) groups excluding carboxylic acids is 1. The van der Waals surface area contributed by atoms with Gasteiger partial charge in [0.15, 0.2) is 0 Å². The number of benzene rings is 1. The van der Waals surface area contributed by atoms with Crippen molar-refractivity contribution in [3.05, 3.63) is 29.6 Å². The number of anilines is 1. The lowest BCUT2D eigenvalue weighted by molar-refractivity contribution is -0.116. The smallest absolute Gasteiger partial charge is 0.224 e. The molecule has 0 aromatic heterocycles. The average molecular weight is 276 g/mol. The summed E-state index contributed by atoms with van der Waals surface area (Å²) in [6.07, 6.45) is 7.15. The maximum absolute atomic E-state index is 13.0. The van der Waals surface area contributed by atoms with Crippen LogP contribution >= 0.6 is 0 Å². The summed E-state index contributed by atoms with van der Waals surface area (Å²) >= 11 is 0. The third-order valence-electron chi connectivity index (χ3n) is 3.13. The van der Waals surface area contributed by atoms with Crippen LogP contribution < -0.4 is 5.32 Å². The van der Waals surface area contributed by atoms with Gasteiger partial charge in [-0.2, -0.15) is 5.26 Å². The predicted octanol–water partition coefficient (Wildman–Crippen LogP) is 4.39. The molecule has 0 spiro atoms. The fraction of sp³-hybridized carbons (Fsp3) is 0.500. The maximum atomic E-state index is 13.0. The van der Waals surface area contributed by atoms with E-state index in [-0.39, 0.29) is 11.5 Å². The Labute approximate surface area is 119 Å². The molecule has 1 rings (SSSR count). The van der Waals surface area contributed by atoms with E-state index in [1.807, 2.05) is 6.07 Å². The summed E-state index contributed by atoms with van der Waals surface area (Å²) in [5, 5.41) is 11.5. The highest BCUT2D eigenvalue weighted by atomic mass is 19.1. The van der Waals surface area contributed by atoms with E-state index < -0.39 is 5.82 Å². The molecule has 0 aliphatic heterocycles. The van der Waals surface area contributed by atoms with Crippen molar-refractivity contribution in [2.45, 2.75) is 51.9 Å². The van der Waals surface area contributed by atoms with Crippen molar-refractivity contribution in [1.29, 1.82) is 5.26 Å². The number of nitrogens with zero attached hydrogens (tertiary/aromatic N) is 1. The minimum Gasteiger partial charge on any atom is -0.325 e. The number of carbonyl (C=O) groups is 1. The second-order valence-corrected chi connectivity index (χ2v) is 4.87. The molecule has 1 aromatic carbocycles. The number of hydrogen-bond donors (Lipinski definition) is 1. The second kappa shape index (κ2) is 9.08. The lowest BCUT2D eigenvalue weighted by Gasteiger charge is -2.07. The van der Waals surface area contributed by atoms with Gasteiger partial charge in [-0.05, 0) is 24.6 Å². The molecule has 0 aliphatic carbocycles. The van der Waals surface area contributed by atoms with E-state index in [1.54, 1.807) is 0 Å². The van der Waals surface area contributed by atoms with E-state index in [9.17, 15) is 9.18 Å². The van der Waals surface area contributed by atoms with E-state index in [2.05, 4.69) is 12.2 Å². The van der Waals surface area contributed by atoms with Crippen molar-refractivity contribution >= 4 is 11.6 Å². The molecule has 0 saturated carbocycles. The number of nitrogens with one attached hydrogen (secondary N) is 1. The van der Waals surface area contributed by atoms with Gasteiger partial charge in [-0.1, -0.05) is 39.0 Å². The molecule has 1 N–H and O–H groups in total. The molecule has 0 saturated heterocycles. The first kappa shape index (κ1) is 16.2. The summed E-state index contributed by atoms with van der Waals surface area (Å²) in [4.78, 5) is 11.7. The molecule has 0 fully saturated rings. The van der Waals surface area contributed by atoms with Crippen LogP contribution in [-0.2, 0) is 4.79 Å². The maximum Gasteiger partial charge on any atom is 0.224 e. The Balaban J connectivity index is 2.34. The largest absolute Gasteiger partial charge is 0.325 e. The average Bonchev–Trinajstić information content (AvgIpc) is 2.44. The van der Waals surface area contributed by atoms with Gasteiger partial charge in [-0.3, -0.25) is 4.79 Å². The first-order valence-electron chi connectivity index (χ1n) is 7.17. The van der Waals surface area contributed by atoms with Gasteiger partial charge in [-0.15, -0.1) is 0 Å². The molecule has 0 atom stereocenters. The topological polar surface area (TPSA) is 52.9 Å². The number of halogens is 1. The molecule has 1 aromatic rings. The normalized spacial score (nSPS) is 10.1. The van der Waals surface area contributed by atoms with E-state index in [0.29, 0.717) is 12.1 Å². The van der Waals surface area contributed by atoms with Crippen molar-refractivity contribution in [2.24, 2.45) is 0 Å². The summed E-state index contributed by atoms with van der Waals surface area (Å²) < 4.78 is 13.0. The predicted molar refractivity (Wildman–Crippen MR) is 77.7 cm³/mol. The van der Waals surface area contributed by atoms with Gasteiger partial charge in [0.25, 0.3) is 0 Å². The monoisotopic (exact) mass is 276 g/mol. The number of unbranched alkanes of at least 4 members (excludes halogenated alkanes) is 5. The quantitative estimate of drug-likeness (QED) is 0.716. The zero-order valence-electron chi connectivity index (χ0n) is 11.9. The first-order chi connectivity index (χ1) is 9.67. The van der Waals surface area contributed by atoms with Gasteiger partial charge in [0.05, 0.1) is 11.3 Å². The standard InChI is InChI=1S/C16H21FN2O/c1-2-3-4-5-6-7-8-16(20)19-15-10-9-14(17)11-13(15)12-18/h9-11H,2-8H2,1H3,(H,19,20). The zero-order chi connectivity index (χ0) is 14.8. The number of nitriles is 1. The minimum absolute atomic E-state index is 0.122. The number of hydrogen-bond acceptors (Lipinski definition) is 2. The second-order valence-electron chi connectivity index (χ2n) is 4.87. The molecule has 1 amide bonds. The Bertz CT molecular complexity index is 480. The van der Waals surface area contributed by atoms with Crippen LogP contribution in [0.2, 0.25) is 0 Å². The summed E-state index contributed by atoms with van der Waals surface area (Å²) in [5.74, 6) is -0.598. The zero-order valence-corrected chi connectivity index (χ0v) is 11.9. The van der Waals surface area contributed by atoms with Crippen LogP contribution in [-0.4, -0.2) is 5.91 Å². The molecule has 4 heteroatoms. The Kier molecular flexibility index (Phi) is 7.34. The summed E-state index contributed by atoms with van der Waals surface area (Å²) in [7, 11) is 0. The molecule has 108 valence electrons. The molecule has 0 radical (unpaired) electrons. The Morgan fingerprint density at radius 2 is 1.95 bits per heavy atom. The van der Waals surface area contributed by atoms with Gasteiger partial charge in [0.2, 0.25) is 5.91 Å². The molecule has 0 bridgehead atoms. The van der Waals surface area contributed by atoms with Gasteiger partial charge >= 0.3 is 0 Å². The van der Waals surface area contributed by atoms with Crippen LogP contribution in [0.1, 0.15) is 57.4 Å². The number of amides is 1. The first-order valence-corrected chi connectivity index (χ1v) is 7.17. The Hall–Kier alpha value is -1.89. The van der Waals surface area contributed by atoms with Crippen molar-refractivity contribution < 1.29 is 9.18 Å². The molecule has 0 unspecified atom stereocenters. The molecule has 20 heavy (non-hydrogen) atoms. The summed E-state index contributed by atoms with van der Waals surface area (Å²) in [6.45, 7) is 2.17. The molecular weight excluding hydrogens is 255 g/mol. The van der Waals surface area contributed by atoms with Gasteiger partial charge in [-0.25, -0.2) is 4.39 Å². The van der Waals surface area contributed by atoms with Crippen LogP contribution in [0, 0.1) is 17.1 Å². The van der Waals surface area contributed by atoms with E-state index in [4.69, 9.17) is 5.26 Å². The van der Waals surface area contributed by atoms with Crippen LogP contribution in [0.5, 0.6) is 0 Å². The van der Waals surface area contributed by atoms with Gasteiger partial charge < -0.3 is 5.32 Å². The lowest BCUT2D eigenvalue weighted by Crippen LogP contribution is -2.12. The van der Waals surface area contributed by atoms with Crippen molar-refractivity contribution in [3.63, 3.8) is 0 Å². The van der Waals surface area contributed by atoms with Crippen LogP contribution in [0.15, 0.2) is 18.2 Å². The third-order valence-corrected chi connectivity index (χ3v) is 3.13. The third kappa shape index (κ3) is 5.83. The highest BCUT2D eigenvalue weighted by Gasteiger charge is 2.07. The van der Waals surface area contributed by atoms with Gasteiger partial charge in [0.1, 0.15) is 11.9 Å². The fourth-order valence-corrected chi connectivity index (χ4v) is 2.00. The Morgan fingerprint density at radius 3 is 2.65 bits per heavy atom. The van der Waals surface area contributed by atoms with Crippen LogP contribution in [0.3, 0.4) is 0 Å². The molecule has 0 heterocycles. The highest BCUT2D eigenvalue weighted by Crippen LogP contribution is 2.16. The number of rotatable bonds is 8. The highest BCUT2D eigenvalue weighted by molar-refractivity contribution is 5.92. The minimum atomic E-state index is -0.476. The van der Waals surface area contributed by atoms with Crippen LogP contribution in [0.4, 0.5) is 10.1 Å². The SMILES string of the molecule is CCCCCCCCC(=O)Nc1ccc(F)cc1C#N. The van der Waals surface area contributed by atoms with E-state index >= 15 is 0 Å². The van der Waals surface area contributed by atoms with Crippen LogP contribution in [0.25, 0.3) is 0 Å². The lowest BCUT2D eigenvalue weighted by atomic mass is 10.1. The summed E-state index contributed by atoms with van der Waals surface area (Å²) in [6, 6.07) is 5.66. The molecule has 3 nitrogen and oxygen atoms in total. The van der Waals surface area contributed by atoms with E-state index in [0.717, 1.165) is 25.3 Å². The molecular formula is C16H21FN2O. The Morgan fingerprint density at radius 1 is 1.25 bits per heavy atom. The van der Waals surface area contributed by atoms with Crippen molar-refractivity contribution in [2.75, 3.05) is 5.32 Å². The fourth-order valence-electron chi connectivity index (χ4n) is 2.00. The van der Waals surface area contributed by atoms with Crippen molar-refractivity contribution in [3.8, 4) is 6.07 Å².